The molecule has 18 heavy (non-hydrogen) atoms. The van der Waals surface area contributed by atoms with Gasteiger partial charge in [0.05, 0.1) is 16.8 Å². The molecule has 0 saturated carbocycles. The lowest BCUT2D eigenvalue weighted by molar-refractivity contribution is 0.0955. The lowest BCUT2D eigenvalue weighted by atomic mass is 10.2. The summed E-state index contributed by atoms with van der Waals surface area (Å²) in [6.07, 6.45) is 4.83. The van der Waals surface area contributed by atoms with Crippen molar-refractivity contribution in [3.05, 3.63) is 64.9 Å². The molecule has 0 atom stereocenters. The number of carbonyl (C=O) groups excluding carboxylic acids is 1. The van der Waals surface area contributed by atoms with Crippen molar-refractivity contribution in [2.75, 3.05) is 0 Å². The van der Waals surface area contributed by atoms with Gasteiger partial charge >= 0.3 is 0 Å². The largest absolute Gasteiger partial charge is 0.272 e. The number of hydrogen-bond acceptors (Lipinski definition) is 3. The van der Waals surface area contributed by atoms with Crippen molar-refractivity contribution in [3.63, 3.8) is 0 Å². The molecule has 0 aliphatic carbocycles. The van der Waals surface area contributed by atoms with E-state index < -0.39 is 0 Å². The third-order valence-electron chi connectivity index (χ3n) is 2.18. The summed E-state index contributed by atoms with van der Waals surface area (Å²) in [5.41, 5.74) is 3.60. The Morgan fingerprint density at radius 3 is 2.83 bits per heavy atom. The van der Waals surface area contributed by atoms with Gasteiger partial charge < -0.3 is 0 Å². The zero-order valence-electron chi connectivity index (χ0n) is 9.38. The Morgan fingerprint density at radius 2 is 2.11 bits per heavy atom. The van der Waals surface area contributed by atoms with E-state index in [4.69, 9.17) is 11.6 Å². The maximum atomic E-state index is 11.7. The highest BCUT2D eigenvalue weighted by molar-refractivity contribution is 6.33. The number of nitrogens with one attached hydrogen (secondary N) is 1. The van der Waals surface area contributed by atoms with Crippen LogP contribution in [0, 0.1) is 0 Å². The molecule has 1 N–H and O–H groups in total. The van der Waals surface area contributed by atoms with Crippen molar-refractivity contribution in [1.29, 1.82) is 0 Å². The smallest absolute Gasteiger partial charge is 0.267 e. The molecule has 0 fully saturated rings. The average molecular weight is 260 g/mol. The minimum atomic E-state index is -0.347. The van der Waals surface area contributed by atoms with Crippen LogP contribution in [0.4, 0.5) is 0 Å². The van der Waals surface area contributed by atoms with E-state index in [2.05, 4.69) is 15.5 Å². The summed E-state index contributed by atoms with van der Waals surface area (Å²) < 4.78 is 0. The first kappa shape index (κ1) is 12.3. The van der Waals surface area contributed by atoms with E-state index in [1.54, 1.807) is 42.7 Å². The Balaban J connectivity index is 2.01. The molecule has 1 heterocycles. The molecule has 2 aromatic rings. The predicted octanol–water partition coefficient (Wildman–Crippen LogP) is 2.50. The molecule has 0 bridgehead atoms. The molecule has 0 aliphatic rings. The van der Waals surface area contributed by atoms with Gasteiger partial charge in [0.1, 0.15) is 0 Å². The molecule has 0 aliphatic heterocycles. The van der Waals surface area contributed by atoms with Gasteiger partial charge in [-0.25, -0.2) is 5.43 Å². The van der Waals surface area contributed by atoms with Gasteiger partial charge in [0.2, 0.25) is 0 Å². The van der Waals surface area contributed by atoms with E-state index in [-0.39, 0.29) is 5.91 Å². The number of benzene rings is 1. The van der Waals surface area contributed by atoms with E-state index in [1.165, 1.54) is 6.21 Å². The minimum Gasteiger partial charge on any atom is -0.267 e. The van der Waals surface area contributed by atoms with Gasteiger partial charge in [-0.05, 0) is 18.2 Å². The molecule has 0 unspecified atom stereocenters. The molecule has 90 valence electrons. The highest BCUT2D eigenvalue weighted by Crippen LogP contribution is 2.14. The number of amides is 1. The van der Waals surface area contributed by atoms with E-state index in [0.29, 0.717) is 10.6 Å². The van der Waals surface area contributed by atoms with Crippen LogP contribution in [-0.2, 0) is 0 Å². The van der Waals surface area contributed by atoms with Crippen LogP contribution in [0.3, 0.4) is 0 Å². The summed E-state index contributed by atoms with van der Waals surface area (Å²) in [5, 5.41) is 4.23. The van der Waals surface area contributed by atoms with Crippen LogP contribution in [0.1, 0.15) is 15.9 Å². The van der Waals surface area contributed by atoms with Crippen LogP contribution in [0.5, 0.6) is 0 Å². The van der Waals surface area contributed by atoms with Crippen LogP contribution in [0.2, 0.25) is 5.02 Å². The number of hydrogen-bond donors (Lipinski definition) is 1. The predicted molar refractivity (Wildman–Crippen MR) is 70.7 cm³/mol. The van der Waals surface area contributed by atoms with Crippen LogP contribution in [0.15, 0.2) is 53.9 Å². The third-order valence-corrected chi connectivity index (χ3v) is 2.51. The Hall–Kier alpha value is -2.20. The molecule has 0 spiro atoms. The van der Waals surface area contributed by atoms with Gasteiger partial charge in [-0.2, -0.15) is 5.10 Å². The topological polar surface area (TPSA) is 54.4 Å². The van der Waals surface area contributed by atoms with E-state index in [1.807, 2.05) is 6.07 Å². The first-order valence-corrected chi connectivity index (χ1v) is 5.63. The first-order chi connectivity index (χ1) is 8.77. The van der Waals surface area contributed by atoms with Crippen molar-refractivity contribution >= 4 is 23.7 Å². The monoisotopic (exact) mass is 259 g/mol. The molecular weight excluding hydrogens is 250 g/mol. The SMILES string of the molecule is O=C(N/N=C/c1cccnc1)c1ccccc1Cl. The summed E-state index contributed by atoms with van der Waals surface area (Å²) in [7, 11) is 0. The molecule has 0 radical (unpaired) electrons. The first-order valence-electron chi connectivity index (χ1n) is 5.25. The standard InChI is InChI=1S/C13H10ClN3O/c14-12-6-2-1-5-11(12)13(18)17-16-9-10-4-3-7-15-8-10/h1-9H,(H,17,18)/b16-9+. The third kappa shape index (κ3) is 3.15. The van der Waals surface area contributed by atoms with E-state index in [9.17, 15) is 4.79 Å². The number of carbonyl (C=O) groups is 1. The summed E-state index contributed by atoms with van der Waals surface area (Å²) >= 11 is 5.89. The maximum Gasteiger partial charge on any atom is 0.272 e. The fourth-order valence-corrected chi connectivity index (χ4v) is 1.54. The van der Waals surface area contributed by atoms with E-state index >= 15 is 0 Å². The molecule has 2 rings (SSSR count). The van der Waals surface area contributed by atoms with Crippen LogP contribution in [0.25, 0.3) is 0 Å². The Morgan fingerprint density at radius 1 is 1.28 bits per heavy atom. The van der Waals surface area contributed by atoms with Crippen LogP contribution < -0.4 is 5.43 Å². The molecule has 1 aromatic carbocycles. The summed E-state index contributed by atoms with van der Waals surface area (Å²) in [5.74, 6) is -0.347. The normalized spacial score (nSPS) is 10.5. The second-order valence-corrected chi connectivity index (χ2v) is 3.87. The number of aromatic nitrogens is 1. The lowest BCUT2D eigenvalue weighted by Gasteiger charge is -2.01. The van der Waals surface area contributed by atoms with Gasteiger partial charge in [-0.3, -0.25) is 9.78 Å². The zero-order valence-corrected chi connectivity index (χ0v) is 10.1. The zero-order chi connectivity index (χ0) is 12.8. The van der Waals surface area contributed by atoms with Gasteiger partial charge in [0.15, 0.2) is 0 Å². The fourth-order valence-electron chi connectivity index (χ4n) is 1.32. The molecule has 1 amide bonds. The number of nitrogens with zero attached hydrogens (tertiary/aromatic N) is 2. The molecule has 5 heteroatoms. The number of halogens is 1. The van der Waals surface area contributed by atoms with Gasteiger partial charge in [0, 0.05) is 18.0 Å². The maximum absolute atomic E-state index is 11.7. The van der Waals surface area contributed by atoms with Crippen molar-refractivity contribution in [3.8, 4) is 0 Å². The number of rotatable bonds is 3. The van der Waals surface area contributed by atoms with Gasteiger partial charge in [-0.1, -0.05) is 29.8 Å². The second-order valence-electron chi connectivity index (χ2n) is 3.47. The summed E-state index contributed by atoms with van der Waals surface area (Å²) in [6, 6.07) is 10.4. The number of pyridine rings is 1. The van der Waals surface area contributed by atoms with Crippen molar-refractivity contribution in [1.82, 2.24) is 10.4 Å². The molecular formula is C13H10ClN3O. The van der Waals surface area contributed by atoms with Crippen molar-refractivity contribution < 1.29 is 4.79 Å². The Labute approximate surface area is 109 Å². The summed E-state index contributed by atoms with van der Waals surface area (Å²) in [4.78, 5) is 15.7. The summed E-state index contributed by atoms with van der Waals surface area (Å²) in [6.45, 7) is 0. The molecule has 1 aromatic heterocycles. The van der Waals surface area contributed by atoms with E-state index in [0.717, 1.165) is 5.56 Å². The average Bonchev–Trinajstić information content (AvgIpc) is 2.40. The minimum absolute atomic E-state index is 0.347. The fraction of sp³-hybridized carbons (Fsp3) is 0. The number of hydrazone groups is 1. The van der Waals surface area contributed by atoms with Crippen molar-refractivity contribution in [2.24, 2.45) is 5.10 Å². The molecule has 0 saturated heterocycles. The van der Waals surface area contributed by atoms with Gasteiger partial charge in [0.25, 0.3) is 5.91 Å². The Bertz CT molecular complexity index is 569. The Kier molecular flexibility index (Phi) is 4.04. The quantitative estimate of drug-likeness (QED) is 0.680. The lowest BCUT2D eigenvalue weighted by Crippen LogP contribution is -2.17. The molecule has 4 nitrogen and oxygen atoms in total. The van der Waals surface area contributed by atoms with Crippen LogP contribution >= 0.6 is 11.6 Å². The second kappa shape index (κ2) is 5.93. The van der Waals surface area contributed by atoms with Crippen molar-refractivity contribution in [2.45, 2.75) is 0 Å². The highest BCUT2D eigenvalue weighted by Gasteiger charge is 2.07. The highest BCUT2D eigenvalue weighted by atomic mass is 35.5. The van der Waals surface area contributed by atoms with Crippen LogP contribution in [-0.4, -0.2) is 17.1 Å². The van der Waals surface area contributed by atoms with Gasteiger partial charge in [-0.15, -0.1) is 0 Å².